The molecule has 0 unspecified atom stereocenters. The SMILES string of the molecule is CCOc1ccc2c(ccn2CCc2scnc2C)c1. The molecular formula is C16H18N2OS. The summed E-state index contributed by atoms with van der Waals surface area (Å²) < 4.78 is 7.84. The first-order valence-electron chi connectivity index (χ1n) is 6.88. The van der Waals surface area contributed by atoms with Crippen LogP contribution in [0.25, 0.3) is 10.9 Å². The van der Waals surface area contributed by atoms with Gasteiger partial charge in [-0.25, -0.2) is 4.98 Å². The average Bonchev–Trinajstić information content (AvgIpc) is 3.03. The third kappa shape index (κ3) is 2.56. The Hall–Kier alpha value is -1.81. The summed E-state index contributed by atoms with van der Waals surface area (Å²) in [5.41, 5.74) is 4.34. The second-order valence-electron chi connectivity index (χ2n) is 4.77. The van der Waals surface area contributed by atoms with Crippen molar-refractivity contribution in [2.75, 3.05) is 6.61 Å². The highest BCUT2D eigenvalue weighted by atomic mass is 32.1. The predicted molar refractivity (Wildman–Crippen MR) is 83.7 cm³/mol. The van der Waals surface area contributed by atoms with Crippen LogP contribution in [0.1, 0.15) is 17.5 Å². The van der Waals surface area contributed by atoms with Gasteiger partial charge in [0.05, 0.1) is 17.8 Å². The Bertz CT molecular complexity index is 714. The van der Waals surface area contributed by atoms with Crippen molar-refractivity contribution in [2.24, 2.45) is 0 Å². The van der Waals surface area contributed by atoms with Gasteiger partial charge in [0.15, 0.2) is 0 Å². The number of hydrogen-bond acceptors (Lipinski definition) is 3. The number of aromatic nitrogens is 2. The summed E-state index contributed by atoms with van der Waals surface area (Å²) in [4.78, 5) is 5.68. The maximum Gasteiger partial charge on any atom is 0.120 e. The van der Waals surface area contributed by atoms with Crippen LogP contribution < -0.4 is 4.74 Å². The summed E-state index contributed by atoms with van der Waals surface area (Å²) in [6.07, 6.45) is 3.18. The van der Waals surface area contributed by atoms with E-state index < -0.39 is 0 Å². The van der Waals surface area contributed by atoms with E-state index in [1.807, 2.05) is 18.5 Å². The fourth-order valence-corrected chi connectivity index (χ4v) is 3.19. The van der Waals surface area contributed by atoms with Crippen LogP contribution in [0, 0.1) is 6.92 Å². The molecule has 0 aliphatic carbocycles. The molecule has 0 saturated carbocycles. The van der Waals surface area contributed by atoms with Crippen LogP contribution in [-0.2, 0) is 13.0 Å². The van der Waals surface area contributed by atoms with Crippen molar-refractivity contribution in [1.29, 1.82) is 0 Å². The molecule has 0 atom stereocenters. The first kappa shape index (κ1) is 13.2. The Labute approximate surface area is 122 Å². The summed E-state index contributed by atoms with van der Waals surface area (Å²) in [5.74, 6) is 0.941. The van der Waals surface area contributed by atoms with Crippen molar-refractivity contribution in [1.82, 2.24) is 9.55 Å². The smallest absolute Gasteiger partial charge is 0.120 e. The zero-order chi connectivity index (χ0) is 13.9. The molecule has 2 heterocycles. The van der Waals surface area contributed by atoms with E-state index in [1.54, 1.807) is 11.3 Å². The summed E-state index contributed by atoms with van der Waals surface area (Å²) >= 11 is 1.74. The van der Waals surface area contributed by atoms with Crippen LogP contribution >= 0.6 is 11.3 Å². The first-order valence-corrected chi connectivity index (χ1v) is 7.76. The normalized spacial score (nSPS) is 11.1. The van der Waals surface area contributed by atoms with Crippen LogP contribution in [0.2, 0.25) is 0 Å². The summed E-state index contributed by atoms with van der Waals surface area (Å²) in [7, 11) is 0. The van der Waals surface area contributed by atoms with Gasteiger partial charge in [-0.3, -0.25) is 0 Å². The van der Waals surface area contributed by atoms with Crippen LogP contribution in [0.3, 0.4) is 0 Å². The fourth-order valence-electron chi connectivity index (χ4n) is 2.42. The largest absolute Gasteiger partial charge is 0.494 e. The molecule has 0 aliphatic heterocycles. The molecule has 3 rings (SSSR count). The Morgan fingerprint density at radius 2 is 2.20 bits per heavy atom. The lowest BCUT2D eigenvalue weighted by Crippen LogP contribution is -1.99. The van der Waals surface area contributed by atoms with Crippen LogP contribution in [-0.4, -0.2) is 16.2 Å². The molecule has 3 aromatic rings. The van der Waals surface area contributed by atoms with Gasteiger partial charge in [-0.2, -0.15) is 0 Å². The van der Waals surface area contributed by atoms with Crippen molar-refractivity contribution < 1.29 is 4.74 Å². The molecule has 0 radical (unpaired) electrons. The van der Waals surface area contributed by atoms with Crippen molar-refractivity contribution in [3.8, 4) is 5.75 Å². The van der Waals surface area contributed by atoms with Gasteiger partial charge >= 0.3 is 0 Å². The van der Waals surface area contributed by atoms with Crippen molar-refractivity contribution in [3.63, 3.8) is 0 Å². The lowest BCUT2D eigenvalue weighted by Gasteiger charge is -2.06. The van der Waals surface area contributed by atoms with E-state index in [0.717, 1.165) is 24.4 Å². The molecule has 3 nitrogen and oxygen atoms in total. The van der Waals surface area contributed by atoms with Crippen LogP contribution in [0.4, 0.5) is 0 Å². The monoisotopic (exact) mass is 286 g/mol. The summed E-state index contributed by atoms with van der Waals surface area (Å²) in [6, 6.07) is 8.44. The second kappa shape index (κ2) is 5.67. The molecule has 2 aromatic heterocycles. The maximum atomic E-state index is 5.54. The highest BCUT2D eigenvalue weighted by Crippen LogP contribution is 2.23. The molecule has 0 saturated heterocycles. The maximum absolute atomic E-state index is 5.54. The van der Waals surface area contributed by atoms with E-state index in [1.165, 1.54) is 15.8 Å². The van der Waals surface area contributed by atoms with Gasteiger partial charge in [0.1, 0.15) is 5.75 Å². The van der Waals surface area contributed by atoms with E-state index in [2.05, 4.69) is 40.9 Å². The number of aryl methyl sites for hydroxylation is 3. The third-order valence-electron chi connectivity index (χ3n) is 3.48. The lowest BCUT2D eigenvalue weighted by molar-refractivity contribution is 0.340. The Morgan fingerprint density at radius 3 is 2.95 bits per heavy atom. The average molecular weight is 286 g/mol. The molecule has 0 amide bonds. The van der Waals surface area contributed by atoms with E-state index in [9.17, 15) is 0 Å². The molecule has 0 spiro atoms. The second-order valence-corrected chi connectivity index (χ2v) is 5.71. The molecule has 0 aliphatic rings. The summed E-state index contributed by atoms with van der Waals surface area (Å²) in [5, 5.41) is 1.23. The summed E-state index contributed by atoms with van der Waals surface area (Å²) in [6.45, 7) is 5.78. The predicted octanol–water partition coefficient (Wildman–Crippen LogP) is 4.05. The van der Waals surface area contributed by atoms with Gasteiger partial charge in [0, 0.05) is 34.9 Å². The minimum absolute atomic E-state index is 0.705. The first-order chi connectivity index (χ1) is 9.78. The zero-order valence-electron chi connectivity index (χ0n) is 11.8. The Balaban J connectivity index is 1.80. The lowest BCUT2D eigenvalue weighted by atomic mass is 10.2. The quantitative estimate of drug-likeness (QED) is 0.707. The third-order valence-corrected chi connectivity index (χ3v) is 4.47. The van der Waals surface area contributed by atoms with Gasteiger partial charge in [0.2, 0.25) is 0 Å². The Kier molecular flexibility index (Phi) is 3.74. The standard InChI is InChI=1S/C16H18N2OS/c1-3-19-14-4-5-15-13(10-14)6-8-18(15)9-7-16-12(2)17-11-20-16/h4-6,8,10-11H,3,7,9H2,1-2H3. The number of rotatable bonds is 5. The topological polar surface area (TPSA) is 27.1 Å². The van der Waals surface area contributed by atoms with E-state index in [0.29, 0.717) is 6.61 Å². The number of fused-ring (bicyclic) bond motifs is 1. The van der Waals surface area contributed by atoms with Gasteiger partial charge in [-0.05, 0) is 38.1 Å². The minimum atomic E-state index is 0.705. The molecule has 1 aromatic carbocycles. The van der Waals surface area contributed by atoms with E-state index in [4.69, 9.17) is 4.74 Å². The number of ether oxygens (including phenoxy) is 1. The van der Waals surface area contributed by atoms with Gasteiger partial charge in [0.25, 0.3) is 0 Å². The molecule has 0 fully saturated rings. The molecular weight excluding hydrogens is 268 g/mol. The van der Waals surface area contributed by atoms with E-state index >= 15 is 0 Å². The van der Waals surface area contributed by atoms with Crippen molar-refractivity contribution >= 4 is 22.2 Å². The fraction of sp³-hybridized carbons (Fsp3) is 0.312. The number of hydrogen-bond donors (Lipinski definition) is 0. The van der Waals surface area contributed by atoms with Crippen molar-refractivity contribution in [3.05, 3.63) is 46.5 Å². The molecule has 20 heavy (non-hydrogen) atoms. The molecule has 104 valence electrons. The van der Waals surface area contributed by atoms with Crippen LogP contribution in [0.5, 0.6) is 5.75 Å². The van der Waals surface area contributed by atoms with Crippen LogP contribution in [0.15, 0.2) is 36.0 Å². The molecule has 0 bridgehead atoms. The highest BCUT2D eigenvalue weighted by Gasteiger charge is 2.05. The number of nitrogens with zero attached hydrogens (tertiary/aromatic N) is 2. The highest BCUT2D eigenvalue weighted by molar-refractivity contribution is 7.09. The van der Waals surface area contributed by atoms with Gasteiger partial charge in [-0.15, -0.1) is 11.3 Å². The van der Waals surface area contributed by atoms with Gasteiger partial charge in [-0.1, -0.05) is 0 Å². The van der Waals surface area contributed by atoms with Crippen molar-refractivity contribution in [2.45, 2.75) is 26.8 Å². The zero-order valence-corrected chi connectivity index (χ0v) is 12.6. The van der Waals surface area contributed by atoms with Gasteiger partial charge < -0.3 is 9.30 Å². The molecule has 4 heteroatoms. The number of benzene rings is 1. The minimum Gasteiger partial charge on any atom is -0.494 e. The van der Waals surface area contributed by atoms with E-state index in [-0.39, 0.29) is 0 Å². The Morgan fingerprint density at radius 1 is 1.30 bits per heavy atom. The number of thiazole rings is 1. The molecule has 0 N–H and O–H groups in total.